The molecule has 2 aromatic carbocycles. The highest BCUT2D eigenvalue weighted by Gasteiger charge is 2.39. The minimum Gasteiger partial charge on any atom is -0.309 e. The van der Waals surface area contributed by atoms with Crippen LogP contribution >= 0.6 is 11.6 Å². The molecule has 0 aliphatic carbocycles. The number of anilines is 1. The summed E-state index contributed by atoms with van der Waals surface area (Å²) < 4.78 is 26.9. The van der Waals surface area contributed by atoms with E-state index in [9.17, 15) is 13.2 Å². The van der Waals surface area contributed by atoms with Gasteiger partial charge in [-0.3, -0.25) is 4.79 Å². The second-order valence-electron chi connectivity index (χ2n) is 6.03. The Balaban J connectivity index is 1.89. The van der Waals surface area contributed by atoms with Crippen molar-refractivity contribution in [1.29, 1.82) is 0 Å². The van der Waals surface area contributed by atoms with Gasteiger partial charge in [-0.05, 0) is 49.7 Å². The summed E-state index contributed by atoms with van der Waals surface area (Å²) in [5, 5.41) is 0.604. The van der Waals surface area contributed by atoms with Crippen molar-refractivity contribution < 1.29 is 13.2 Å². The van der Waals surface area contributed by atoms with E-state index in [1.54, 1.807) is 60.4 Å². The summed E-state index contributed by atoms with van der Waals surface area (Å²) in [6, 6.07) is 12.7. The van der Waals surface area contributed by atoms with Gasteiger partial charge in [0.25, 0.3) is 0 Å². The predicted octanol–water partition coefficient (Wildman–Crippen LogP) is 3.07. The number of sulfonamides is 1. The molecule has 1 heterocycles. The largest absolute Gasteiger partial charge is 0.309 e. The Morgan fingerprint density at radius 1 is 1.08 bits per heavy atom. The topological polar surface area (TPSA) is 57.7 Å². The van der Waals surface area contributed by atoms with Crippen LogP contribution < -0.4 is 4.90 Å². The van der Waals surface area contributed by atoms with Crippen molar-refractivity contribution in [3.05, 3.63) is 59.1 Å². The summed E-state index contributed by atoms with van der Waals surface area (Å²) in [6.45, 7) is 4.05. The molecule has 1 amide bonds. The van der Waals surface area contributed by atoms with Crippen molar-refractivity contribution in [3.8, 4) is 0 Å². The summed E-state index contributed by atoms with van der Waals surface area (Å²) in [5.74, 6) is -0.240. The molecule has 1 fully saturated rings. The molecule has 3 rings (SSSR count). The van der Waals surface area contributed by atoms with Crippen LogP contribution in [-0.2, 0) is 14.8 Å². The van der Waals surface area contributed by atoms with Crippen molar-refractivity contribution in [2.45, 2.75) is 24.8 Å². The van der Waals surface area contributed by atoms with E-state index in [2.05, 4.69) is 0 Å². The highest BCUT2D eigenvalue weighted by atomic mass is 35.5. The zero-order valence-corrected chi connectivity index (χ0v) is 15.6. The number of halogens is 1. The van der Waals surface area contributed by atoms with Crippen molar-refractivity contribution in [3.63, 3.8) is 0 Å². The first-order valence-corrected chi connectivity index (χ1v) is 9.78. The molecule has 0 aromatic heterocycles. The van der Waals surface area contributed by atoms with Crippen molar-refractivity contribution in [1.82, 2.24) is 4.31 Å². The molecular formula is C18H19ClN2O3S. The van der Waals surface area contributed by atoms with E-state index in [-0.39, 0.29) is 17.3 Å². The molecule has 0 spiro atoms. The molecule has 5 nitrogen and oxygen atoms in total. The van der Waals surface area contributed by atoms with Gasteiger partial charge in [-0.2, -0.15) is 4.31 Å². The zero-order chi connectivity index (χ0) is 18.2. The number of amides is 1. The van der Waals surface area contributed by atoms with Gasteiger partial charge in [0.15, 0.2) is 0 Å². The third kappa shape index (κ3) is 3.29. The van der Waals surface area contributed by atoms with E-state index in [0.29, 0.717) is 11.6 Å². The Bertz CT molecular complexity index is 900. The van der Waals surface area contributed by atoms with Crippen LogP contribution in [0.3, 0.4) is 0 Å². The lowest BCUT2D eigenvalue weighted by atomic mass is 10.1. The first-order chi connectivity index (χ1) is 11.8. The fourth-order valence-corrected chi connectivity index (χ4v) is 4.90. The predicted molar refractivity (Wildman–Crippen MR) is 98.3 cm³/mol. The van der Waals surface area contributed by atoms with E-state index in [1.165, 1.54) is 4.31 Å². The van der Waals surface area contributed by atoms with Crippen LogP contribution in [0.1, 0.15) is 12.5 Å². The van der Waals surface area contributed by atoms with Gasteiger partial charge >= 0.3 is 0 Å². The third-order valence-electron chi connectivity index (χ3n) is 4.40. The summed E-state index contributed by atoms with van der Waals surface area (Å²) in [5.41, 5.74) is 1.64. The standard InChI is InChI=1S/C18H19ClN2O3S/c1-13-12-15(19)8-9-17(13)20-10-11-21(14(2)18(20)22)25(23,24)16-6-4-3-5-7-16/h3-9,12,14H,10-11H2,1-2H3/t14-/m0/s1. The number of piperazine rings is 1. The molecule has 7 heteroatoms. The Morgan fingerprint density at radius 3 is 2.40 bits per heavy atom. The maximum atomic E-state index is 12.8. The number of rotatable bonds is 3. The van der Waals surface area contributed by atoms with E-state index in [1.807, 2.05) is 6.92 Å². The molecular weight excluding hydrogens is 360 g/mol. The third-order valence-corrected chi connectivity index (χ3v) is 6.62. The maximum Gasteiger partial charge on any atom is 0.245 e. The van der Waals surface area contributed by atoms with Gasteiger partial charge in [0.1, 0.15) is 6.04 Å². The number of carbonyl (C=O) groups is 1. The SMILES string of the molecule is Cc1cc(Cl)ccc1N1CCN(S(=O)(=O)c2ccccc2)[C@@H](C)C1=O. The summed E-state index contributed by atoms with van der Waals surface area (Å²) in [7, 11) is -3.70. The highest BCUT2D eigenvalue weighted by molar-refractivity contribution is 7.89. The Kier molecular flexibility index (Phi) is 4.86. The van der Waals surface area contributed by atoms with Gasteiger partial charge in [-0.15, -0.1) is 0 Å². The van der Waals surface area contributed by atoms with E-state index >= 15 is 0 Å². The number of hydrogen-bond acceptors (Lipinski definition) is 3. The molecule has 0 N–H and O–H groups in total. The Hall–Kier alpha value is -1.89. The monoisotopic (exact) mass is 378 g/mol. The van der Waals surface area contributed by atoms with Gasteiger partial charge in [-0.1, -0.05) is 29.8 Å². The number of benzene rings is 2. The van der Waals surface area contributed by atoms with Gasteiger partial charge in [0.05, 0.1) is 4.90 Å². The van der Waals surface area contributed by atoms with Crippen molar-refractivity contribution in [2.24, 2.45) is 0 Å². The lowest BCUT2D eigenvalue weighted by molar-refractivity contribution is -0.123. The van der Waals surface area contributed by atoms with E-state index < -0.39 is 16.1 Å². The average molecular weight is 379 g/mol. The van der Waals surface area contributed by atoms with Gasteiger partial charge < -0.3 is 4.90 Å². The van der Waals surface area contributed by atoms with Gasteiger partial charge in [-0.25, -0.2) is 8.42 Å². The molecule has 0 radical (unpaired) electrons. The van der Waals surface area contributed by atoms with Gasteiger partial charge in [0.2, 0.25) is 15.9 Å². The van der Waals surface area contributed by atoms with Gasteiger partial charge in [0, 0.05) is 23.8 Å². The van der Waals surface area contributed by atoms with Crippen LogP contribution in [-0.4, -0.2) is 37.8 Å². The summed E-state index contributed by atoms with van der Waals surface area (Å²) in [4.78, 5) is 14.7. The molecule has 0 unspecified atom stereocenters. The van der Waals surface area contributed by atoms with Crippen molar-refractivity contribution in [2.75, 3.05) is 18.0 Å². The van der Waals surface area contributed by atoms with Crippen LogP contribution in [0.5, 0.6) is 0 Å². The van der Waals surface area contributed by atoms with Crippen LogP contribution in [0.2, 0.25) is 5.02 Å². The average Bonchev–Trinajstić information content (AvgIpc) is 2.58. The molecule has 1 aliphatic heterocycles. The minimum atomic E-state index is -3.70. The Labute approximate surface area is 152 Å². The lowest BCUT2D eigenvalue weighted by Gasteiger charge is -2.38. The molecule has 1 aliphatic rings. The van der Waals surface area contributed by atoms with Crippen LogP contribution in [0, 0.1) is 6.92 Å². The number of carbonyl (C=O) groups excluding carboxylic acids is 1. The van der Waals surface area contributed by atoms with Crippen LogP contribution in [0.4, 0.5) is 5.69 Å². The van der Waals surface area contributed by atoms with E-state index in [0.717, 1.165) is 11.3 Å². The fraction of sp³-hybridized carbons (Fsp3) is 0.278. The second-order valence-corrected chi connectivity index (χ2v) is 8.35. The quantitative estimate of drug-likeness (QED) is 0.824. The van der Waals surface area contributed by atoms with E-state index in [4.69, 9.17) is 11.6 Å². The molecule has 2 aromatic rings. The van der Waals surface area contributed by atoms with Crippen molar-refractivity contribution >= 4 is 33.2 Å². The first kappa shape index (κ1) is 17.9. The Morgan fingerprint density at radius 2 is 1.76 bits per heavy atom. The molecule has 25 heavy (non-hydrogen) atoms. The molecule has 1 saturated heterocycles. The fourth-order valence-electron chi connectivity index (χ4n) is 3.07. The first-order valence-electron chi connectivity index (χ1n) is 7.97. The molecule has 0 bridgehead atoms. The minimum absolute atomic E-state index is 0.200. The molecule has 0 saturated carbocycles. The normalized spacial score (nSPS) is 19.2. The van der Waals surface area contributed by atoms with Crippen LogP contribution in [0.15, 0.2) is 53.4 Å². The lowest BCUT2D eigenvalue weighted by Crippen LogP contribution is -2.57. The summed E-state index contributed by atoms with van der Waals surface area (Å²) in [6.07, 6.45) is 0. The molecule has 1 atom stereocenters. The smallest absolute Gasteiger partial charge is 0.245 e. The number of aryl methyl sites for hydroxylation is 1. The summed E-state index contributed by atoms with van der Waals surface area (Å²) >= 11 is 5.98. The highest BCUT2D eigenvalue weighted by Crippen LogP contribution is 2.28. The zero-order valence-electron chi connectivity index (χ0n) is 14.0. The maximum absolute atomic E-state index is 12.8. The van der Waals surface area contributed by atoms with Crippen LogP contribution in [0.25, 0.3) is 0 Å². The number of nitrogens with zero attached hydrogens (tertiary/aromatic N) is 2. The number of hydrogen-bond donors (Lipinski definition) is 0. The second kappa shape index (κ2) is 6.78. The molecule has 132 valence electrons.